The molecule has 0 atom stereocenters. The van der Waals surface area contributed by atoms with Gasteiger partial charge in [0, 0.05) is 13.1 Å². The first-order valence-electron chi connectivity index (χ1n) is 4.45. The predicted octanol–water partition coefficient (Wildman–Crippen LogP) is 1.22. The van der Waals surface area contributed by atoms with E-state index < -0.39 is 0 Å². The Hall–Kier alpha value is -0.120. The van der Waals surface area contributed by atoms with Crippen LogP contribution in [0, 0.1) is 0 Å². The van der Waals surface area contributed by atoms with Gasteiger partial charge in [-0.05, 0) is 19.4 Å². The molecule has 0 spiro atoms. The molecule has 0 unspecified atom stereocenters. The minimum absolute atomic E-state index is 0.719. The number of unbranched alkanes of at least 4 members (excludes halogenated alkanes) is 3. The third-order valence-electron chi connectivity index (χ3n) is 1.74. The summed E-state index contributed by atoms with van der Waals surface area (Å²) in [6.45, 7) is 4.24. The Morgan fingerprint density at radius 1 is 1.18 bits per heavy atom. The van der Waals surface area contributed by atoms with Gasteiger partial charge in [-0.3, -0.25) is 0 Å². The zero-order valence-corrected chi connectivity index (χ0v) is 7.42. The third-order valence-corrected chi connectivity index (χ3v) is 1.74. The summed E-state index contributed by atoms with van der Waals surface area (Å²) < 4.78 is 0. The van der Waals surface area contributed by atoms with Gasteiger partial charge in [0.15, 0.2) is 0 Å². The molecule has 0 saturated heterocycles. The number of rotatable bonds is 7. The highest BCUT2D eigenvalue weighted by Crippen LogP contribution is 1.99. The van der Waals surface area contributed by atoms with E-state index in [4.69, 9.17) is 10.9 Å². The fraction of sp³-hybridized carbons (Fsp3) is 1.00. The average Bonchev–Trinajstić information content (AvgIpc) is 2.04. The van der Waals surface area contributed by atoms with Crippen molar-refractivity contribution in [1.82, 2.24) is 5.06 Å². The maximum absolute atomic E-state index is 9.02. The molecule has 0 amide bonds. The molecule has 3 heteroatoms. The number of hydrogen-bond donors (Lipinski definition) is 2. The van der Waals surface area contributed by atoms with E-state index >= 15 is 0 Å². The second-order valence-corrected chi connectivity index (χ2v) is 2.75. The molecule has 0 heterocycles. The Morgan fingerprint density at radius 3 is 2.36 bits per heavy atom. The highest BCUT2D eigenvalue weighted by Gasteiger charge is 1.94. The van der Waals surface area contributed by atoms with Crippen LogP contribution in [0.25, 0.3) is 0 Å². The molecule has 0 saturated carbocycles. The number of hydrogen-bond acceptors (Lipinski definition) is 3. The van der Waals surface area contributed by atoms with Crippen LogP contribution in [-0.2, 0) is 0 Å². The van der Waals surface area contributed by atoms with E-state index in [2.05, 4.69) is 0 Å². The van der Waals surface area contributed by atoms with E-state index in [0.717, 1.165) is 32.5 Å². The highest BCUT2D eigenvalue weighted by atomic mass is 16.5. The molecule has 0 radical (unpaired) electrons. The summed E-state index contributed by atoms with van der Waals surface area (Å²) in [5.41, 5.74) is 5.34. The van der Waals surface area contributed by atoms with E-state index in [0.29, 0.717) is 0 Å². The fourth-order valence-corrected chi connectivity index (χ4v) is 0.950. The van der Waals surface area contributed by atoms with Gasteiger partial charge in [0.2, 0.25) is 0 Å². The average molecular weight is 160 g/mol. The van der Waals surface area contributed by atoms with Crippen LogP contribution in [0.15, 0.2) is 0 Å². The lowest BCUT2D eigenvalue weighted by molar-refractivity contribution is -0.0869. The molecule has 3 nitrogen and oxygen atoms in total. The first-order valence-corrected chi connectivity index (χ1v) is 4.45. The van der Waals surface area contributed by atoms with E-state index in [9.17, 15) is 0 Å². The topological polar surface area (TPSA) is 49.5 Å². The first kappa shape index (κ1) is 10.9. The van der Waals surface area contributed by atoms with E-state index in [1.807, 2.05) is 6.92 Å². The fourth-order valence-electron chi connectivity index (χ4n) is 0.950. The molecule has 0 bridgehead atoms. The molecule has 11 heavy (non-hydrogen) atoms. The van der Waals surface area contributed by atoms with Crippen molar-refractivity contribution in [3.8, 4) is 0 Å². The predicted molar refractivity (Wildman–Crippen MR) is 46.6 cm³/mol. The van der Waals surface area contributed by atoms with Gasteiger partial charge in [0.1, 0.15) is 0 Å². The van der Waals surface area contributed by atoms with Crippen molar-refractivity contribution in [2.24, 2.45) is 5.73 Å². The van der Waals surface area contributed by atoms with Gasteiger partial charge in [-0.1, -0.05) is 19.8 Å². The molecule has 68 valence electrons. The Morgan fingerprint density at radius 2 is 1.82 bits per heavy atom. The van der Waals surface area contributed by atoms with Crippen molar-refractivity contribution in [2.45, 2.75) is 32.6 Å². The molecule has 0 aliphatic heterocycles. The standard InChI is InChI=1S/C8H20N2O/c1-2-10(11)8-6-4-3-5-7-9/h11H,2-9H2,1H3. The smallest absolute Gasteiger partial charge is 0.0238 e. The van der Waals surface area contributed by atoms with Crippen LogP contribution in [-0.4, -0.2) is 29.9 Å². The van der Waals surface area contributed by atoms with Crippen molar-refractivity contribution < 1.29 is 5.21 Å². The van der Waals surface area contributed by atoms with Gasteiger partial charge in [-0.25, -0.2) is 0 Å². The molecule has 0 aromatic carbocycles. The summed E-state index contributed by atoms with van der Waals surface area (Å²) in [6, 6.07) is 0. The Labute approximate surface area is 69.1 Å². The van der Waals surface area contributed by atoms with Gasteiger partial charge < -0.3 is 10.9 Å². The zero-order chi connectivity index (χ0) is 8.53. The molecule has 3 N–H and O–H groups in total. The minimum Gasteiger partial charge on any atom is -0.330 e. The SMILES string of the molecule is CCN(O)CCCCCCN. The molecular formula is C8H20N2O. The van der Waals surface area contributed by atoms with E-state index in [1.165, 1.54) is 17.9 Å². The second-order valence-electron chi connectivity index (χ2n) is 2.75. The third kappa shape index (κ3) is 7.78. The molecule has 0 aliphatic rings. The molecule has 0 rings (SSSR count). The van der Waals surface area contributed by atoms with Gasteiger partial charge in [0.25, 0.3) is 0 Å². The number of nitrogens with zero attached hydrogens (tertiary/aromatic N) is 1. The van der Waals surface area contributed by atoms with Crippen LogP contribution >= 0.6 is 0 Å². The lowest BCUT2D eigenvalue weighted by Crippen LogP contribution is -2.19. The maximum atomic E-state index is 9.02. The van der Waals surface area contributed by atoms with E-state index in [1.54, 1.807) is 0 Å². The molecule has 0 aromatic heterocycles. The molecule has 0 aliphatic carbocycles. The van der Waals surface area contributed by atoms with Crippen LogP contribution in [0.4, 0.5) is 0 Å². The summed E-state index contributed by atoms with van der Waals surface area (Å²) >= 11 is 0. The number of nitrogens with two attached hydrogens (primary N) is 1. The summed E-state index contributed by atoms with van der Waals surface area (Å²) in [6.07, 6.45) is 4.55. The minimum atomic E-state index is 0.719. The Balaban J connectivity index is 2.89. The van der Waals surface area contributed by atoms with Crippen molar-refractivity contribution in [1.29, 1.82) is 0 Å². The van der Waals surface area contributed by atoms with Gasteiger partial charge >= 0.3 is 0 Å². The van der Waals surface area contributed by atoms with Crippen molar-refractivity contribution >= 4 is 0 Å². The molecule has 0 fully saturated rings. The van der Waals surface area contributed by atoms with Crippen molar-refractivity contribution in [3.63, 3.8) is 0 Å². The van der Waals surface area contributed by atoms with E-state index in [-0.39, 0.29) is 0 Å². The molecule has 0 aromatic rings. The van der Waals surface area contributed by atoms with Crippen LogP contribution in [0.3, 0.4) is 0 Å². The largest absolute Gasteiger partial charge is 0.330 e. The van der Waals surface area contributed by atoms with Crippen LogP contribution < -0.4 is 5.73 Å². The Kier molecular flexibility index (Phi) is 7.89. The lowest BCUT2D eigenvalue weighted by Gasteiger charge is -2.10. The summed E-state index contributed by atoms with van der Waals surface area (Å²) in [4.78, 5) is 0. The lowest BCUT2D eigenvalue weighted by atomic mass is 10.2. The maximum Gasteiger partial charge on any atom is 0.0238 e. The quantitative estimate of drug-likeness (QED) is 0.435. The molecular weight excluding hydrogens is 140 g/mol. The monoisotopic (exact) mass is 160 g/mol. The summed E-state index contributed by atoms with van der Waals surface area (Å²) in [7, 11) is 0. The first-order chi connectivity index (χ1) is 5.31. The normalized spacial score (nSPS) is 10.9. The van der Waals surface area contributed by atoms with Gasteiger partial charge in [-0.15, -0.1) is 0 Å². The zero-order valence-electron chi connectivity index (χ0n) is 7.42. The Bertz CT molecular complexity index is 78.5. The second kappa shape index (κ2) is 7.98. The summed E-state index contributed by atoms with van der Waals surface area (Å²) in [5, 5.41) is 10.4. The summed E-state index contributed by atoms with van der Waals surface area (Å²) in [5.74, 6) is 0. The van der Waals surface area contributed by atoms with Crippen LogP contribution in [0.1, 0.15) is 32.6 Å². The number of hydroxylamine groups is 2. The van der Waals surface area contributed by atoms with Crippen molar-refractivity contribution in [2.75, 3.05) is 19.6 Å². The van der Waals surface area contributed by atoms with Gasteiger partial charge in [-0.2, -0.15) is 5.06 Å². The highest BCUT2D eigenvalue weighted by molar-refractivity contribution is 4.46. The van der Waals surface area contributed by atoms with Crippen LogP contribution in [0.2, 0.25) is 0 Å². The van der Waals surface area contributed by atoms with Crippen LogP contribution in [0.5, 0.6) is 0 Å². The van der Waals surface area contributed by atoms with Crippen molar-refractivity contribution in [3.05, 3.63) is 0 Å². The van der Waals surface area contributed by atoms with Gasteiger partial charge in [0.05, 0.1) is 0 Å².